The van der Waals surface area contributed by atoms with E-state index in [1.54, 1.807) is 23.6 Å². The first kappa shape index (κ1) is 17.3. The minimum Gasteiger partial charge on any atom is -0.298 e. The molecule has 3 aromatic rings. The van der Waals surface area contributed by atoms with Crippen molar-refractivity contribution in [2.45, 2.75) is 10.7 Å². The standard InChI is InChI=1S/C15H9ClF2N2OS3/c16-12-6-5-11(23-12)9-7-22-15(19-9)20-13(21)8-3-1-2-4-10(8)24-14(17)18/h1-7,14H,(H,19,20,21). The van der Waals surface area contributed by atoms with Gasteiger partial charge < -0.3 is 0 Å². The number of hydrogen-bond acceptors (Lipinski definition) is 5. The zero-order chi connectivity index (χ0) is 17.1. The number of halogens is 3. The van der Waals surface area contributed by atoms with Gasteiger partial charge in [-0.1, -0.05) is 35.5 Å². The maximum absolute atomic E-state index is 12.6. The Morgan fingerprint density at radius 1 is 1.25 bits per heavy atom. The van der Waals surface area contributed by atoms with E-state index in [9.17, 15) is 13.6 Å². The van der Waals surface area contributed by atoms with E-state index in [-0.39, 0.29) is 10.5 Å². The molecule has 0 atom stereocenters. The molecule has 3 rings (SSSR count). The van der Waals surface area contributed by atoms with Gasteiger partial charge in [0.1, 0.15) is 0 Å². The van der Waals surface area contributed by atoms with Crippen LogP contribution in [-0.2, 0) is 0 Å². The minimum absolute atomic E-state index is 0.193. The molecule has 24 heavy (non-hydrogen) atoms. The first-order chi connectivity index (χ1) is 11.5. The topological polar surface area (TPSA) is 42.0 Å². The largest absolute Gasteiger partial charge is 0.298 e. The molecule has 0 bridgehead atoms. The summed E-state index contributed by atoms with van der Waals surface area (Å²) in [7, 11) is 0. The van der Waals surface area contributed by atoms with E-state index in [4.69, 9.17) is 11.6 Å². The predicted octanol–water partition coefficient (Wildman–Crippen LogP) is 6.09. The number of carbonyl (C=O) groups is 1. The lowest BCUT2D eigenvalue weighted by Crippen LogP contribution is -2.13. The minimum atomic E-state index is -2.59. The van der Waals surface area contributed by atoms with Crippen LogP contribution in [0.3, 0.4) is 0 Å². The molecule has 0 spiro atoms. The summed E-state index contributed by atoms with van der Waals surface area (Å²) in [6.07, 6.45) is 0. The Hall–Kier alpha value is -1.48. The van der Waals surface area contributed by atoms with Crippen molar-refractivity contribution in [3.63, 3.8) is 0 Å². The Kier molecular flexibility index (Phi) is 5.50. The van der Waals surface area contributed by atoms with Crippen molar-refractivity contribution >= 4 is 57.1 Å². The van der Waals surface area contributed by atoms with E-state index in [0.717, 1.165) is 4.88 Å². The van der Waals surface area contributed by atoms with Gasteiger partial charge in [-0.15, -0.1) is 22.7 Å². The molecule has 0 radical (unpaired) electrons. The van der Waals surface area contributed by atoms with Gasteiger partial charge in [0.05, 0.1) is 20.5 Å². The first-order valence-electron chi connectivity index (χ1n) is 6.59. The van der Waals surface area contributed by atoms with Gasteiger partial charge in [0, 0.05) is 10.3 Å². The van der Waals surface area contributed by atoms with Gasteiger partial charge in [-0.2, -0.15) is 8.78 Å². The zero-order valence-corrected chi connectivity index (χ0v) is 15.0. The molecule has 3 nitrogen and oxygen atoms in total. The average molecular weight is 403 g/mol. The summed E-state index contributed by atoms with van der Waals surface area (Å²) < 4.78 is 25.8. The summed E-state index contributed by atoms with van der Waals surface area (Å²) in [5.41, 5.74) is 0.904. The number of nitrogens with one attached hydrogen (secondary N) is 1. The van der Waals surface area contributed by atoms with Crippen molar-refractivity contribution in [1.29, 1.82) is 0 Å². The Morgan fingerprint density at radius 2 is 2.04 bits per heavy atom. The highest BCUT2D eigenvalue weighted by molar-refractivity contribution is 7.99. The van der Waals surface area contributed by atoms with Crippen LogP contribution in [0.1, 0.15) is 10.4 Å². The smallest absolute Gasteiger partial charge is 0.288 e. The second-order valence-electron chi connectivity index (χ2n) is 4.47. The summed E-state index contributed by atoms with van der Waals surface area (Å²) in [4.78, 5) is 17.8. The fourth-order valence-corrected chi connectivity index (χ4v) is 4.33. The van der Waals surface area contributed by atoms with Crippen molar-refractivity contribution in [1.82, 2.24) is 4.98 Å². The van der Waals surface area contributed by atoms with Crippen LogP contribution in [0.15, 0.2) is 46.7 Å². The third-order valence-corrected chi connectivity index (χ3v) is 5.70. The fourth-order valence-electron chi connectivity index (χ4n) is 1.91. The van der Waals surface area contributed by atoms with Crippen LogP contribution in [0.2, 0.25) is 4.34 Å². The van der Waals surface area contributed by atoms with Crippen molar-refractivity contribution in [3.05, 3.63) is 51.7 Å². The normalized spacial score (nSPS) is 11.0. The number of alkyl halides is 2. The van der Waals surface area contributed by atoms with Crippen molar-refractivity contribution in [2.75, 3.05) is 5.32 Å². The second-order valence-corrected chi connectivity index (χ2v) is 8.08. The number of thioether (sulfide) groups is 1. The fraction of sp³-hybridized carbons (Fsp3) is 0.0667. The van der Waals surface area contributed by atoms with Gasteiger partial charge in [0.15, 0.2) is 5.13 Å². The van der Waals surface area contributed by atoms with Crippen LogP contribution in [-0.4, -0.2) is 16.6 Å². The Morgan fingerprint density at radius 3 is 2.75 bits per heavy atom. The van der Waals surface area contributed by atoms with E-state index in [0.29, 0.717) is 26.9 Å². The molecule has 0 unspecified atom stereocenters. The maximum Gasteiger partial charge on any atom is 0.288 e. The summed E-state index contributed by atoms with van der Waals surface area (Å²) in [5, 5.41) is 4.85. The third kappa shape index (κ3) is 4.13. The van der Waals surface area contributed by atoms with E-state index < -0.39 is 11.7 Å². The highest BCUT2D eigenvalue weighted by Gasteiger charge is 2.16. The molecule has 0 aliphatic rings. The number of nitrogens with zero attached hydrogens (tertiary/aromatic N) is 1. The lowest BCUT2D eigenvalue weighted by Gasteiger charge is -2.07. The molecule has 9 heteroatoms. The monoisotopic (exact) mass is 402 g/mol. The lowest BCUT2D eigenvalue weighted by atomic mass is 10.2. The molecule has 0 fully saturated rings. The number of hydrogen-bond donors (Lipinski definition) is 1. The van der Waals surface area contributed by atoms with Crippen LogP contribution in [0, 0.1) is 0 Å². The molecule has 1 aromatic carbocycles. The van der Waals surface area contributed by atoms with Crippen LogP contribution >= 0.6 is 46.0 Å². The highest BCUT2D eigenvalue weighted by atomic mass is 35.5. The van der Waals surface area contributed by atoms with Gasteiger partial charge >= 0.3 is 0 Å². The molecule has 124 valence electrons. The van der Waals surface area contributed by atoms with Gasteiger partial charge in [-0.3, -0.25) is 10.1 Å². The van der Waals surface area contributed by atoms with Crippen molar-refractivity contribution < 1.29 is 13.6 Å². The second kappa shape index (κ2) is 7.60. The van der Waals surface area contributed by atoms with Gasteiger partial charge in [-0.05, 0) is 24.3 Å². The van der Waals surface area contributed by atoms with Crippen molar-refractivity contribution in [3.8, 4) is 10.6 Å². The zero-order valence-electron chi connectivity index (χ0n) is 11.8. The Bertz CT molecular complexity index is 866. The number of amides is 1. The van der Waals surface area contributed by atoms with Crippen LogP contribution in [0.25, 0.3) is 10.6 Å². The SMILES string of the molecule is O=C(Nc1nc(-c2ccc(Cl)s2)cs1)c1ccccc1SC(F)F. The van der Waals surface area contributed by atoms with Crippen molar-refractivity contribution in [2.24, 2.45) is 0 Å². The predicted molar refractivity (Wildman–Crippen MR) is 96.7 cm³/mol. The molecule has 0 aliphatic carbocycles. The molecule has 1 amide bonds. The van der Waals surface area contributed by atoms with E-state index in [1.165, 1.54) is 34.8 Å². The van der Waals surface area contributed by atoms with E-state index in [2.05, 4.69) is 10.3 Å². The van der Waals surface area contributed by atoms with Crippen LogP contribution < -0.4 is 5.32 Å². The van der Waals surface area contributed by atoms with E-state index in [1.807, 2.05) is 6.07 Å². The van der Waals surface area contributed by atoms with Crippen LogP contribution in [0.5, 0.6) is 0 Å². The number of carbonyl (C=O) groups excluding carboxylic acids is 1. The quantitative estimate of drug-likeness (QED) is 0.525. The molecule has 1 N–H and O–H groups in total. The van der Waals surface area contributed by atoms with E-state index >= 15 is 0 Å². The summed E-state index contributed by atoms with van der Waals surface area (Å²) in [5.74, 6) is -3.06. The summed E-state index contributed by atoms with van der Waals surface area (Å²) in [6.45, 7) is 0. The number of thiazole rings is 1. The van der Waals surface area contributed by atoms with Gasteiger partial charge in [0.2, 0.25) is 0 Å². The first-order valence-corrected chi connectivity index (χ1v) is 9.55. The molecule has 0 saturated carbocycles. The van der Waals surface area contributed by atoms with Gasteiger partial charge in [-0.25, -0.2) is 4.98 Å². The molecule has 0 aliphatic heterocycles. The maximum atomic E-state index is 12.6. The third-order valence-electron chi connectivity index (χ3n) is 2.90. The molecule has 0 saturated heterocycles. The number of rotatable bonds is 5. The average Bonchev–Trinajstić information content (AvgIpc) is 3.16. The molecule has 2 aromatic heterocycles. The van der Waals surface area contributed by atoms with Gasteiger partial charge in [0.25, 0.3) is 11.7 Å². The summed E-state index contributed by atoms with van der Waals surface area (Å²) >= 11 is 8.90. The molecule has 2 heterocycles. The number of benzene rings is 1. The summed E-state index contributed by atoms with van der Waals surface area (Å²) in [6, 6.07) is 9.87. The molecular formula is C15H9ClF2N2OS3. The number of thiophene rings is 1. The Labute approximate surface area is 153 Å². The Balaban J connectivity index is 1.77. The number of anilines is 1. The lowest BCUT2D eigenvalue weighted by molar-refractivity contribution is 0.102. The highest BCUT2D eigenvalue weighted by Crippen LogP contribution is 2.33. The van der Waals surface area contributed by atoms with Crippen LogP contribution in [0.4, 0.5) is 13.9 Å². The number of aromatic nitrogens is 1. The molecular weight excluding hydrogens is 394 g/mol.